The van der Waals surface area contributed by atoms with Crippen molar-refractivity contribution in [3.63, 3.8) is 0 Å². The Hall–Kier alpha value is -2.80. The molecule has 0 radical (unpaired) electrons. The van der Waals surface area contributed by atoms with Gasteiger partial charge in [0.1, 0.15) is 5.75 Å². The zero-order chi connectivity index (χ0) is 20.6. The van der Waals surface area contributed by atoms with Crippen molar-refractivity contribution in [1.82, 2.24) is 15.2 Å². The van der Waals surface area contributed by atoms with Crippen LogP contribution in [0.3, 0.4) is 0 Å². The number of amides is 1. The molecule has 1 aromatic heterocycles. The number of hydrogen-bond acceptors (Lipinski definition) is 5. The minimum atomic E-state index is -0.0773. The first-order chi connectivity index (χ1) is 14.0. The number of aromatic amines is 1. The van der Waals surface area contributed by atoms with E-state index in [9.17, 15) is 4.79 Å². The first kappa shape index (κ1) is 20.9. The number of anilines is 1. The van der Waals surface area contributed by atoms with Crippen LogP contribution in [-0.2, 0) is 4.79 Å². The van der Waals surface area contributed by atoms with Crippen LogP contribution in [0.2, 0.25) is 0 Å². The number of nitrogens with one attached hydrogen (secondary N) is 2. The Bertz CT molecular complexity index is 933. The third kappa shape index (κ3) is 6.35. The molecule has 2 N–H and O–H groups in total. The molecule has 1 heterocycles. The van der Waals surface area contributed by atoms with Crippen LogP contribution < -0.4 is 10.1 Å². The molecule has 0 saturated heterocycles. The van der Waals surface area contributed by atoms with Crippen LogP contribution in [0.1, 0.15) is 30.9 Å². The van der Waals surface area contributed by atoms with Crippen molar-refractivity contribution >= 4 is 23.4 Å². The van der Waals surface area contributed by atoms with Gasteiger partial charge in [-0.05, 0) is 67.8 Å². The summed E-state index contributed by atoms with van der Waals surface area (Å²) in [7, 11) is 0. The van der Waals surface area contributed by atoms with E-state index in [1.54, 1.807) is 0 Å². The summed E-state index contributed by atoms with van der Waals surface area (Å²) in [4.78, 5) is 15.4. The largest absolute Gasteiger partial charge is 0.494 e. The smallest absolute Gasteiger partial charge is 0.234 e. The quantitative estimate of drug-likeness (QED) is 0.383. The van der Waals surface area contributed by atoms with Crippen molar-refractivity contribution in [3.8, 4) is 17.1 Å². The number of carbonyl (C=O) groups is 1. The molecule has 0 spiro atoms. The SMILES string of the molecule is CCCCOc1ccc(-c2nnc(SCC(=O)Nc3cc(C)cc(C)c3)[nH]2)cc1. The van der Waals surface area contributed by atoms with Crippen LogP contribution >= 0.6 is 11.8 Å². The lowest BCUT2D eigenvalue weighted by Gasteiger charge is -2.06. The lowest BCUT2D eigenvalue weighted by atomic mass is 10.1. The fourth-order valence-corrected chi connectivity index (χ4v) is 3.47. The molecule has 0 aliphatic rings. The van der Waals surface area contributed by atoms with Gasteiger partial charge >= 0.3 is 0 Å². The first-order valence-electron chi connectivity index (χ1n) is 9.70. The van der Waals surface area contributed by atoms with E-state index in [0.29, 0.717) is 11.0 Å². The van der Waals surface area contributed by atoms with Gasteiger partial charge in [-0.2, -0.15) is 0 Å². The van der Waals surface area contributed by atoms with E-state index in [4.69, 9.17) is 4.74 Å². The summed E-state index contributed by atoms with van der Waals surface area (Å²) in [6, 6.07) is 13.7. The molecule has 3 rings (SSSR count). The maximum Gasteiger partial charge on any atom is 0.234 e. The topological polar surface area (TPSA) is 79.9 Å². The van der Waals surface area contributed by atoms with Gasteiger partial charge in [-0.25, -0.2) is 0 Å². The number of thioether (sulfide) groups is 1. The number of aryl methyl sites for hydroxylation is 2. The molecular formula is C22H26N4O2S. The summed E-state index contributed by atoms with van der Waals surface area (Å²) >= 11 is 1.32. The average Bonchev–Trinajstić information content (AvgIpc) is 3.15. The van der Waals surface area contributed by atoms with Crippen molar-refractivity contribution in [2.75, 3.05) is 17.7 Å². The molecule has 2 aromatic carbocycles. The minimum Gasteiger partial charge on any atom is -0.494 e. The first-order valence-corrected chi connectivity index (χ1v) is 10.7. The van der Waals surface area contributed by atoms with E-state index in [2.05, 4.69) is 33.5 Å². The lowest BCUT2D eigenvalue weighted by molar-refractivity contribution is -0.113. The molecule has 1 amide bonds. The van der Waals surface area contributed by atoms with Crippen LogP contribution in [0, 0.1) is 13.8 Å². The third-order valence-electron chi connectivity index (χ3n) is 4.21. The average molecular weight is 411 g/mol. The van der Waals surface area contributed by atoms with Crippen LogP contribution in [0.4, 0.5) is 5.69 Å². The van der Waals surface area contributed by atoms with E-state index in [1.807, 2.05) is 50.2 Å². The van der Waals surface area contributed by atoms with Crippen LogP contribution in [0.25, 0.3) is 11.4 Å². The summed E-state index contributed by atoms with van der Waals surface area (Å²) in [6.07, 6.45) is 2.15. The van der Waals surface area contributed by atoms with Gasteiger partial charge in [0.25, 0.3) is 0 Å². The number of H-pyrrole nitrogens is 1. The molecule has 0 bridgehead atoms. The Kier molecular flexibility index (Phi) is 7.30. The fraction of sp³-hybridized carbons (Fsp3) is 0.318. The molecular weight excluding hydrogens is 384 g/mol. The number of rotatable bonds is 9. The number of ether oxygens (including phenoxy) is 1. The summed E-state index contributed by atoms with van der Waals surface area (Å²) < 4.78 is 5.68. The predicted molar refractivity (Wildman–Crippen MR) is 117 cm³/mol. The molecule has 0 unspecified atom stereocenters. The highest BCUT2D eigenvalue weighted by molar-refractivity contribution is 7.99. The van der Waals surface area contributed by atoms with Gasteiger partial charge in [0, 0.05) is 11.3 Å². The number of benzene rings is 2. The van der Waals surface area contributed by atoms with Gasteiger partial charge < -0.3 is 15.0 Å². The number of hydrogen-bond donors (Lipinski definition) is 2. The van der Waals surface area contributed by atoms with E-state index in [-0.39, 0.29) is 11.7 Å². The molecule has 0 aliphatic carbocycles. The summed E-state index contributed by atoms with van der Waals surface area (Å²) in [5, 5.41) is 11.8. The van der Waals surface area contributed by atoms with Gasteiger partial charge in [0.2, 0.25) is 5.91 Å². The summed E-state index contributed by atoms with van der Waals surface area (Å²) in [5.41, 5.74) is 3.98. The highest BCUT2D eigenvalue weighted by atomic mass is 32.2. The summed E-state index contributed by atoms with van der Waals surface area (Å²) in [5.74, 6) is 1.69. The second-order valence-electron chi connectivity index (χ2n) is 6.92. The molecule has 6 nitrogen and oxygen atoms in total. The van der Waals surface area contributed by atoms with Gasteiger partial charge in [-0.3, -0.25) is 4.79 Å². The second-order valence-corrected chi connectivity index (χ2v) is 7.88. The maximum atomic E-state index is 12.2. The number of carbonyl (C=O) groups excluding carboxylic acids is 1. The van der Waals surface area contributed by atoms with E-state index in [0.717, 1.165) is 47.6 Å². The highest BCUT2D eigenvalue weighted by Gasteiger charge is 2.10. The number of aromatic nitrogens is 3. The van der Waals surface area contributed by atoms with E-state index in [1.165, 1.54) is 11.8 Å². The monoisotopic (exact) mass is 410 g/mol. The molecule has 0 atom stereocenters. The fourth-order valence-electron chi connectivity index (χ4n) is 2.86. The van der Waals surface area contributed by atoms with Crippen LogP contribution in [0.5, 0.6) is 5.75 Å². The number of unbranched alkanes of at least 4 members (excludes halogenated alkanes) is 1. The Morgan fingerprint density at radius 3 is 2.52 bits per heavy atom. The maximum absolute atomic E-state index is 12.2. The van der Waals surface area contributed by atoms with Crippen molar-refractivity contribution in [1.29, 1.82) is 0 Å². The Morgan fingerprint density at radius 2 is 1.83 bits per heavy atom. The van der Waals surface area contributed by atoms with Crippen molar-refractivity contribution in [2.45, 2.75) is 38.8 Å². The molecule has 7 heteroatoms. The molecule has 3 aromatic rings. The molecule has 0 fully saturated rings. The zero-order valence-corrected chi connectivity index (χ0v) is 17.8. The van der Waals surface area contributed by atoms with Crippen LogP contribution in [0.15, 0.2) is 47.6 Å². The van der Waals surface area contributed by atoms with Crippen LogP contribution in [-0.4, -0.2) is 33.4 Å². The Morgan fingerprint density at radius 1 is 1.10 bits per heavy atom. The lowest BCUT2D eigenvalue weighted by Crippen LogP contribution is -2.14. The molecule has 0 saturated carbocycles. The molecule has 152 valence electrons. The molecule has 0 aliphatic heterocycles. The van der Waals surface area contributed by atoms with Gasteiger partial charge in [-0.1, -0.05) is 31.2 Å². The molecule has 29 heavy (non-hydrogen) atoms. The second kappa shape index (κ2) is 10.1. The standard InChI is InChI=1S/C22H26N4O2S/c1-4-5-10-28-19-8-6-17(7-9-19)21-24-22(26-25-21)29-14-20(27)23-18-12-15(2)11-16(3)13-18/h6-9,11-13H,4-5,10,14H2,1-3H3,(H,23,27)(H,24,25,26). The third-order valence-corrected chi connectivity index (χ3v) is 5.07. The minimum absolute atomic E-state index is 0.0773. The van der Waals surface area contributed by atoms with Gasteiger partial charge in [-0.15, -0.1) is 10.2 Å². The van der Waals surface area contributed by atoms with Crippen molar-refractivity contribution in [3.05, 3.63) is 53.6 Å². The van der Waals surface area contributed by atoms with Crippen molar-refractivity contribution in [2.24, 2.45) is 0 Å². The summed E-state index contributed by atoms with van der Waals surface area (Å²) in [6.45, 7) is 6.89. The predicted octanol–water partition coefficient (Wildman–Crippen LogP) is 5.00. The van der Waals surface area contributed by atoms with Crippen molar-refractivity contribution < 1.29 is 9.53 Å². The van der Waals surface area contributed by atoms with Gasteiger partial charge in [0.05, 0.1) is 12.4 Å². The Balaban J connectivity index is 1.52. The Labute approximate surface area is 175 Å². The normalized spacial score (nSPS) is 10.7. The van der Waals surface area contributed by atoms with Gasteiger partial charge in [0.15, 0.2) is 11.0 Å². The van der Waals surface area contributed by atoms with E-state index >= 15 is 0 Å². The van der Waals surface area contributed by atoms with E-state index < -0.39 is 0 Å². The zero-order valence-electron chi connectivity index (χ0n) is 17.0. The number of nitrogens with zero attached hydrogens (tertiary/aromatic N) is 2. The highest BCUT2D eigenvalue weighted by Crippen LogP contribution is 2.22.